The molecule has 108 valence electrons. The maximum absolute atomic E-state index is 4.49. The van der Waals surface area contributed by atoms with Crippen molar-refractivity contribution in [3.8, 4) is 0 Å². The van der Waals surface area contributed by atoms with Gasteiger partial charge in [-0.2, -0.15) is 0 Å². The van der Waals surface area contributed by atoms with Gasteiger partial charge in [0.15, 0.2) is 0 Å². The SMILES string of the molecule is CCCCC(CC)CC(NCC)c1ncc(C)cn1. The highest BCUT2D eigenvalue weighted by molar-refractivity contribution is 5.04. The molecule has 0 bridgehead atoms. The van der Waals surface area contributed by atoms with Crippen LogP contribution in [0.25, 0.3) is 0 Å². The largest absolute Gasteiger partial charge is 0.308 e. The fourth-order valence-corrected chi connectivity index (χ4v) is 2.42. The summed E-state index contributed by atoms with van der Waals surface area (Å²) in [4.78, 5) is 8.98. The first kappa shape index (κ1) is 16.1. The average Bonchev–Trinajstić information content (AvgIpc) is 2.43. The smallest absolute Gasteiger partial charge is 0.145 e. The third kappa shape index (κ3) is 5.68. The lowest BCUT2D eigenvalue weighted by atomic mass is 9.91. The molecule has 2 atom stereocenters. The van der Waals surface area contributed by atoms with Gasteiger partial charge in [0.2, 0.25) is 0 Å². The van der Waals surface area contributed by atoms with E-state index in [9.17, 15) is 0 Å². The van der Waals surface area contributed by atoms with Gasteiger partial charge in [0.1, 0.15) is 5.82 Å². The van der Waals surface area contributed by atoms with Gasteiger partial charge in [-0.1, -0.05) is 46.5 Å². The minimum Gasteiger partial charge on any atom is -0.308 e. The minimum atomic E-state index is 0.299. The second-order valence-electron chi connectivity index (χ2n) is 5.38. The Bertz CT molecular complexity index is 334. The van der Waals surface area contributed by atoms with Crippen LogP contribution in [0.3, 0.4) is 0 Å². The first-order valence-electron chi connectivity index (χ1n) is 7.73. The predicted octanol–water partition coefficient (Wildman–Crippen LogP) is 4.04. The molecule has 0 aromatic carbocycles. The van der Waals surface area contributed by atoms with E-state index in [-0.39, 0.29) is 0 Å². The van der Waals surface area contributed by atoms with Crippen molar-refractivity contribution < 1.29 is 0 Å². The summed E-state index contributed by atoms with van der Waals surface area (Å²) in [6.45, 7) is 9.69. The lowest BCUT2D eigenvalue weighted by Crippen LogP contribution is -2.25. The molecule has 0 saturated heterocycles. The van der Waals surface area contributed by atoms with Gasteiger partial charge in [-0.05, 0) is 31.4 Å². The number of rotatable bonds is 9. The molecule has 0 fully saturated rings. The van der Waals surface area contributed by atoms with Gasteiger partial charge in [0, 0.05) is 12.4 Å². The Labute approximate surface area is 118 Å². The Morgan fingerprint density at radius 2 is 1.84 bits per heavy atom. The highest BCUT2D eigenvalue weighted by Gasteiger charge is 2.18. The second kappa shape index (κ2) is 9.03. The van der Waals surface area contributed by atoms with Crippen LogP contribution < -0.4 is 5.32 Å². The van der Waals surface area contributed by atoms with E-state index < -0.39 is 0 Å². The quantitative estimate of drug-likeness (QED) is 0.730. The van der Waals surface area contributed by atoms with Crippen LogP contribution in [0.4, 0.5) is 0 Å². The molecule has 0 aliphatic heterocycles. The summed E-state index contributed by atoms with van der Waals surface area (Å²) < 4.78 is 0. The summed E-state index contributed by atoms with van der Waals surface area (Å²) >= 11 is 0. The van der Waals surface area contributed by atoms with E-state index in [0.717, 1.165) is 30.3 Å². The van der Waals surface area contributed by atoms with E-state index in [1.54, 1.807) is 0 Å². The van der Waals surface area contributed by atoms with Gasteiger partial charge < -0.3 is 5.32 Å². The van der Waals surface area contributed by atoms with E-state index in [0.29, 0.717) is 6.04 Å². The number of hydrogen-bond donors (Lipinski definition) is 1. The monoisotopic (exact) mass is 263 g/mol. The van der Waals surface area contributed by atoms with Crippen LogP contribution in [0.2, 0.25) is 0 Å². The molecule has 0 aliphatic rings. The van der Waals surface area contributed by atoms with Crippen molar-refractivity contribution in [2.45, 2.75) is 65.8 Å². The maximum atomic E-state index is 4.49. The summed E-state index contributed by atoms with van der Waals surface area (Å²) in [5, 5.41) is 3.53. The van der Waals surface area contributed by atoms with Crippen molar-refractivity contribution in [1.29, 1.82) is 0 Å². The zero-order valence-electron chi connectivity index (χ0n) is 12.9. The van der Waals surface area contributed by atoms with Crippen molar-refractivity contribution in [3.63, 3.8) is 0 Å². The molecule has 0 radical (unpaired) electrons. The van der Waals surface area contributed by atoms with Crippen molar-refractivity contribution in [2.75, 3.05) is 6.54 Å². The number of nitrogens with zero attached hydrogens (tertiary/aromatic N) is 2. The van der Waals surface area contributed by atoms with Crippen LogP contribution in [-0.2, 0) is 0 Å². The maximum Gasteiger partial charge on any atom is 0.145 e. The number of aryl methyl sites for hydroxylation is 1. The summed E-state index contributed by atoms with van der Waals surface area (Å²) in [5.41, 5.74) is 1.12. The van der Waals surface area contributed by atoms with Crippen LogP contribution in [0, 0.1) is 12.8 Å². The number of hydrogen-bond acceptors (Lipinski definition) is 3. The molecule has 19 heavy (non-hydrogen) atoms. The fourth-order valence-electron chi connectivity index (χ4n) is 2.42. The Balaban J connectivity index is 2.67. The van der Waals surface area contributed by atoms with Crippen molar-refractivity contribution >= 4 is 0 Å². The Hall–Kier alpha value is -0.960. The number of aromatic nitrogens is 2. The lowest BCUT2D eigenvalue weighted by molar-refractivity contribution is 0.348. The van der Waals surface area contributed by atoms with Crippen LogP contribution in [0.15, 0.2) is 12.4 Å². The average molecular weight is 263 g/mol. The lowest BCUT2D eigenvalue weighted by Gasteiger charge is -2.22. The van der Waals surface area contributed by atoms with Crippen LogP contribution >= 0.6 is 0 Å². The van der Waals surface area contributed by atoms with E-state index in [2.05, 4.69) is 36.1 Å². The molecule has 1 aromatic heterocycles. The summed E-state index contributed by atoms with van der Waals surface area (Å²) in [7, 11) is 0. The van der Waals surface area contributed by atoms with E-state index in [1.165, 1.54) is 25.7 Å². The molecule has 2 unspecified atom stereocenters. The topological polar surface area (TPSA) is 37.8 Å². The highest BCUT2D eigenvalue weighted by Crippen LogP contribution is 2.24. The molecule has 0 saturated carbocycles. The van der Waals surface area contributed by atoms with Gasteiger partial charge in [-0.15, -0.1) is 0 Å². The van der Waals surface area contributed by atoms with E-state index in [1.807, 2.05) is 19.3 Å². The minimum absolute atomic E-state index is 0.299. The number of unbranched alkanes of at least 4 members (excludes halogenated alkanes) is 1. The third-order valence-electron chi connectivity index (χ3n) is 3.68. The summed E-state index contributed by atoms with van der Waals surface area (Å²) in [6, 6.07) is 0.299. The molecule has 1 heterocycles. The highest BCUT2D eigenvalue weighted by atomic mass is 15.0. The Morgan fingerprint density at radius 3 is 2.37 bits per heavy atom. The predicted molar refractivity (Wildman–Crippen MR) is 81.1 cm³/mol. The van der Waals surface area contributed by atoms with E-state index >= 15 is 0 Å². The van der Waals surface area contributed by atoms with E-state index in [4.69, 9.17) is 0 Å². The van der Waals surface area contributed by atoms with Gasteiger partial charge in [-0.25, -0.2) is 9.97 Å². The van der Waals surface area contributed by atoms with Crippen molar-refractivity contribution in [2.24, 2.45) is 5.92 Å². The summed E-state index contributed by atoms with van der Waals surface area (Å²) in [6.07, 6.45) is 10.1. The molecule has 1 rings (SSSR count). The van der Waals surface area contributed by atoms with Gasteiger partial charge in [-0.3, -0.25) is 0 Å². The molecular formula is C16H29N3. The van der Waals surface area contributed by atoms with Crippen molar-refractivity contribution in [1.82, 2.24) is 15.3 Å². The molecule has 3 heteroatoms. The third-order valence-corrected chi connectivity index (χ3v) is 3.68. The zero-order chi connectivity index (χ0) is 14.1. The molecule has 1 N–H and O–H groups in total. The number of nitrogens with one attached hydrogen (secondary N) is 1. The normalized spacial score (nSPS) is 14.3. The Kier molecular flexibility index (Phi) is 7.65. The molecular weight excluding hydrogens is 234 g/mol. The Morgan fingerprint density at radius 1 is 1.16 bits per heavy atom. The van der Waals surface area contributed by atoms with Crippen LogP contribution in [-0.4, -0.2) is 16.5 Å². The fraction of sp³-hybridized carbons (Fsp3) is 0.750. The molecule has 0 spiro atoms. The molecule has 0 aliphatic carbocycles. The van der Waals surface area contributed by atoms with Crippen LogP contribution in [0.1, 0.15) is 70.3 Å². The summed E-state index contributed by atoms with van der Waals surface area (Å²) in [5.74, 6) is 1.72. The first-order valence-corrected chi connectivity index (χ1v) is 7.73. The van der Waals surface area contributed by atoms with Gasteiger partial charge in [0.05, 0.1) is 6.04 Å². The molecule has 0 amide bonds. The first-order chi connectivity index (χ1) is 9.21. The van der Waals surface area contributed by atoms with Gasteiger partial charge in [0.25, 0.3) is 0 Å². The van der Waals surface area contributed by atoms with Gasteiger partial charge >= 0.3 is 0 Å². The van der Waals surface area contributed by atoms with Crippen molar-refractivity contribution in [3.05, 3.63) is 23.8 Å². The van der Waals surface area contributed by atoms with Crippen LogP contribution in [0.5, 0.6) is 0 Å². The molecule has 1 aromatic rings. The zero-order valence-corrected chi connectivity index (χ0v) is 12.9. The standard InChI is InChI=1S/C16H29N3/c1-5-8-9-14(6-2)10-15(17-7-3)16-18-11-13(4)12-19-16/h11-12,14-15,17H,5-10H2,1-4H3. The molecule has 3 nitrogen and oxygen atoms in total. The second-order valence-corrected chi connectivity index (χ2v) is 5.38.